The zero-order valence-electron chi connectivity index (χ0n) is 7.64. The van der Waals surface area contributed by atoms with Crippen LogP contribution in [0, 0.1) is 3.57 Å². The van der Waals surface area contributed by atoms with Gasteiger partial charge >= 0.3 is 6.18 Å². The first-order chi connectivity index (χ1) is 6.88. The highest BCUT2D eigenvalue weighted by Crippen LogP contribution is 2.22. The number of rotatable bonds is 3. The summed E-state index contributed by atoms with van der Waals surface area (Å²) in [5.41, 5.74) is 0.339. The molecular formula is C10H8F3IO. The maximum atomic E-state index is 11.9. The Bertz CT molecular complexity index is 360. The Hall–Kier alpha value is -0.590. The third-order valence-electron chi connectivity index (χ3n) is 1.78. The molecule has 0 aliphatic carbocycles. The minimum absolute atomic E-state index is 0.339. The highest BCUT2D eigenvalue weighted by molar-refractivity contribution is 14.1. The van der Waals surface area contributed by atoms with Crippen LogP contribution in [-0.2, 0) is 0 Å². The van der Waals surface area contributed by atoms with Crippen LogP contribution in [-0.4, -0.2) is 12.0 Å². The fourth-order valence-corrected chi connectivity index (χ4v) is 1.60. The lowest BCUT2D eigenvalue weighted by atomic mass is 10.1. The van der Waals surface area contributed by atoms with Crippen LogP contribution in [0.4, 0.5) is 13.2 Å². The smallest absolute Gasteiger partial charge is 0.294 e. The third-order valence-corrected chi connectivity index (χ3v) is 2.45. The van der Waals surface area contributed by atoms with Gasteiger partial charge in [-0.1, -0.05) is 12.1 Å². The molecule has 15 heavy (non-hydrogen) atoms. The lowest BCUT2D eigenvalue weighted by Crippen LogP contribution is -2.10. The van der Waals surface area contributed by atoms with Crippen molar-refractivity contribution in [3.8, 4) is 0 Å². The maximum absolute atomic E-state index is 11.9. The van der Waals surface area contributed by atoms with Gasteiger partial charge in [-0.05, 0) is 34.7 Å². The van der Waals surface area contributed by atoms with Gasteiger partial charge in [-0.15, -0.1) is 0 Å². The van der Waals surface area contributed by atoms with Gasteiger partial charge < -0.3 is 0 Å². The van der Waals surface area contributed by atoms with Gasteiger partial charge in [0.15, 0.2) is 5.78 Å². The van der Waals surface area contributed by atoms with E-state index >= 15 is 0 Å². The number of hydrogen-bond donors (Lipinski definition) is 0. The molecule has 0 bridgehead atoms. The lowest BCUT2D eigenvalue weighted by Gasteiger charge is -2.05. The molecule has 1 rings (SSSR count). The van der Waals surface area contributed by atoms with Crippen LogP contribution in [0.3, 0.4) is 0 Å². The van der Waals surface area contributed by atoms with Crippen LogP contribution in [0.25, 0.3) is 0 Å². The van der Waals surface area contributed by atoms with Crippen LogP contribution in [0.5, 0.6) is 0 Å². The number of carbonyl (C=O) groups excluding carboxylic acids is 1. The second-order valence-corrected chi connectivity index (χ2v) is 4.29. The van der Waals surface area contributed by atoms with Gasteiger partial charge in [0, 0.05) is 15.6 Å². The van der Waals surface area contributed by atoms with Crippen molar-refractivity contribution in [1.29, 1.82) is 0 Å². The van der Waals surface area contributed by atoms with Gasteiger partial charge in [0.05, 0.1) is 6.42 Å². The average Bonchev–Trinajstić information content (AvgIpc) is 2.13. The number of carbonyl (C=O) groups is 1. The molecule has 0 amide bonds. The normalized spacial score (nSPS) is 11.5. The minimum Gasteiger partial charge on any atom is -0.294 e. The van der Waals surface area contributed by atoms with Crippen molar-refractivity contribution in [2.24, 2.45) is 0 Å². The van der Waals surface area contributed by atoms with E-state index in [9.17, 15) is 18.0 Å². The Morgan fingerprint density at radius 2 is 2.00 bits per heavy atom. The summed E-state index contributed by atoms with van der Waals surface area (Å²) < 4.78 is 36.4. The quantitative estimate of drug-likeness (QED) is 0.609. The molecule has 0 unspecified atom stereocenters. The molecule has 1 nitrogen and oxygen atoms in total. The fourth-order valence-electron chi connectivity index (χ4n) is 1.06. The zero-order valence-corrected chi connectivity index (χ0v) is 9.80. The topological polar surface area (TPSA) is 17.1 Å². The largest absolute Gasteiger partial charge is 0.389 e. The van der Waals surface area contributed by atoms with E-state index in [1.807, 2.05) is 22.6 Å². The standard InChI is InChI=1S/C10H8F3IO/c11-10(12,13)5-4-9(15)7-2-1-3-8(14)6-7/h1-3,6H,4-5H2. The van der Waals surface area contributed by atoms with Crippen molar-refractivity contribution in [2.75, 3.05) is 0 Å². The summed E-state index contributed by atoms with van der Waals surface area (Å²) in [6.45, 7) is 0. The molecule has 0 N–H and O–H groups in total. The molecule has 1 aromatic carbocycles. The van der Waals surface area contributed by atoms with Crippen molar-refractivity contribution in [1.82, 2.24) is 0 Å². The van der Waals surface area contributed by atoms with Crippen LogP contribution in [0.2, 0.25) is 0 Å². The predicted octanol–water partition coefficient (Wildman–Crippen LogP) is 3.82. The molecule has 0 atom stereocenters. The molecular weight excluding hydrogens is 320 g/mol. The first kappa shape index (κ1) is 12.5. The van der Waals surface area contributed by atoms with Crippen molar-refractivity contribution in [3.63, 3.8) is 0 Å². The van der Waals surface area contributed by atoms with Gasteiger partial charge in [-0.25, -0.2) is 0 Å². The second-order valence-electron chi connectivity index (χ2n) is 3.05. The summed E-state index contributed by atoms with van der Waals surface area (Å²) in [5.74, 6) is -0.467. The van der Waals surface area contributed by atoms with Crippen LogP contribution in [0.15, 0.2) is 24.3 Å². The number of ketones is 1. The average molecular weight is 328 g/mol. The number of Topliss-reactive ketones (excluding diaryl/α,β-unsaturated/α-hetero) is 1. The van der Waals surface area contributed by atoms with E-state index in [1.165, 1.54) is 6.07 Å². The van der Waals surface area contributed by atoms with E-state index in [-0.39, 0.29) is 0 Å². The van der Waals surface area contributed by atoms with Crippen molar-refractivity contribution < 1.29 is 18.0 Å². The first-order valence-electron chi connectivity index (χ1n) is 4.24. The molecule has 0 heterocycles. The van der Waals surface area contributed by atoms with Crippen LogP contribution >= 0.6 is 22.6 Å². The lowest BCUT2D eigenvalue weighted by molar-refractivity contribution is -0.133. The van der Waals surface area contributed by atoms with Gasteiger partial charge in [0.2, 0.25) is 0 Å². The molecule has 0 saturated carbocycles. The van der Waals surface area contributed by atoms with Crippen molar-refractivity contribution in [2.45, 2.75) is 19.0 Å². The third kappa shape index (κ3) is 4.63. The van der Waals surface area contributed by atoms with E-state index in [4.69, 9.17) is 0 Å². The van der Waals surface area contributed by atoms with Gasteiger partial charge in [0.25, 0.3) is 0 Å². The molecule has 0 fully saturated rings. The van der Waals surface area contributed by atoms with E-state index < -0.39 is 24.8 Å². The SMILES string of the molecule is O=C(CCC(F)(F)F)c1cccc(I)c1. The summed E-state index contributed by atoms with van der Waals surface area (Å²) in [4.78, 5) is 11.3. The summed E-state index contributed by atoms with van der Waals surface area (Å²) >= 11 is 2.01. The Balaban J connectivity index is 2.62. The number of hydrogen-bond acceptors (Lipinski definition) is 1. The Morgan fingerprint density at radius 1 is 1.33 bits per heavy atom. The monoisotopic (exact) mass is 328 g/mol. The van der Waals surface area contributed by atoms with Crippen LogP contribution in [0.1, 0.15) is 23.2 Å². The molecule has 0 radical (unpaired) electrons. The summed E-state index contributed by atoms with van der Waals surface area (Å²) in [6, 6.07) is 6.55. The highest BCUT2D eigenvalue weighted by Gasteiger charge is 2.28. The summed E-state index contributed by atoms with van der Waals surface area (Å²) in [7, 11) is 0. The molecule has 0 aliphatic rings. The molecule has 0 aromatic heterocycles. The molecule has 82 valence electrons. The second kappa shape index (κ2) is 4.96. The fraction of sp³-hybridized carbons (Fsp3) is 0.300. The van der Waals surface area contributed by atoms with Crippen molar-refractivity contribution >= 4 is 28.4 Å². The van der Waals surface area contributed by atoms with Crippen molar-refractivity contribution in [3.05, 3.63) is 33.4 Å². The van der Waals surface area contributed by atoms with Gasteiger partial charge in [-0.2, -0.15) is 13.2 Å². The number of alkyl halides is 3. The van der Waals surface area contributed by atoms with E-state index in [2.05, 4.69) is 0 Å². The minimum atomic E-state index is -4.27. The highest BCUT2D eigenvalue weighted by atomic mass is 127. The van der Waals surface area contributed by atoms with E-state index in [0.29, 0.717) is 5.56 Å². The zero-order chi connectivity index (χ0) is 11.5. The van der Waals surface area contributed by atoms with E-state index in [1.54, 1.807) is 18.2 Å². The molecule has 1 aromatic rings. The maximum Gasteiger partial charge on any atom is 0.389 e. The Labute approximate surface area is 98.8 Å². The Morgan fingerprint density at radius 3 is 2.53 bits per heavy atom. The molecule has 0 aliphatic heterocycles. The first-order valence-corrected chi connectivity index (χ1v) is 5.32. The molecule has 0 saturated heterocycles. The Kier molecular flexibility index (Phi) is 4.12. The van der Waals surface area contributed by atoms with E-state index in [0.717, 1.165) is 3.57 Å². The summed E-state index contributed by atoms with van der Waals surface area (Å²) in [6.07, 6.45) is -5.81. The van der Waals surface area contributed by atoms with Gasteiger partial charge in [0.1, 0.15) is 0 Å². The van der Waals surface area contributed by atoms with Gasteiger partial charge in [-0.3, -0.25) is 4.79 Å². The molecule has 0 spiro atoms. The number of halogens is 4. The predicted molar refractivity (Wildman–Crippen MR) is 58.8 cm³/mol. The number of benzene rings is 1. The molecule has 5 heteroatoms. The summed E-state index contributed by atoms with van der Waals surface area (Å²) in [5, 5.41) is 0. The van der Waals surface area contributed by atoms with Crippen LogP contribution < -0.4 is 0 Å².